The van der Waals surface area contributed by atoms with Crippen LogP contribution in [-0.4, -0.2) is 30.5 Å². The molecule has 0 aliphatic carbocycles. The van der Waals surface area contributed by atoms with E-state index in [0.717, 1.165) is 29.8 Å². The van der Waals surface area contributed by atoms with Gasteiger partial charge in [0.25, 0.3) is 0 Å². The van der Waals surface area contributed by atoms with Crippen LogP contribution in [0.5, 0.6) is 0 Å². The minimum absolute atomic E-state index is 0. The number of aliphatic imine (C=N–C) groups is 1. The van der Waals surface area contributed by atoms with Crippen LogP contribution in [0.15, 0.2) is 23.2 Å². The molecule has 0 bridgehead atoms. The van der Waals surface area contributed by atoms with Gasteiger partial charge in [-0.15, -0.1) is 12.4 Å². The Hall–Kier alpha value is -0.130. The van der Waals surface area contributed by atoms with Crippen LogP contribution in [0.1, 0.15) is 5.56 Å². The molecule has 2 rings (SSSR count). The van der Waals surface area contributed by atoms with Crippen LogP contribution < -0.4 is 5.32 Å². The third-order valence-electron chi connectivity index (χ3n) is 2.32. The van der Waals surface area contributed by atoms with E-state index in [2.05, 4.69) is 15.2 Å². The highest BCUT2D eigenvalue weighted by molar-refractivity contribution is 8.13. The molecule has 100 valence electrons. The lowest BCUT2D eigenvalue weighted by molar-refractivity contribution is 0.326. The average Bonchev–Trinajstić information content (AvgIpc) is 2.33. The fourth-order valence-corrected chi connectivity index (χ4v) is 2.49. The summed E-state index contributed by atoms with van der Waals surface area (Å²) in [4.78, 5) is 6.50. The maximum Gasteiger partial charge on any atom is 0.159 e. The Labute approximate surface area is 127 Å². The van der Waals surface area contributed by atoms with Gasteiger partial charge in [-0.25, -0.2) is 4.99 Å². The minimum atomic E-state index is 0. The number of nitrogens with zero attached hydrogens (tertiary/aromatic N) is 2. The normalized spacial score (nSPS) is 15.6. The lowest BCUT2D eigenvalue weighted by Gasteiger charge is -2.22. The number of hydrogen-bond donors (Lipinski definition) is 1. The summed E-state index contributed by atoms with van der Waals surface area (Å²) in [5.74, 6) is 0.840. The van der Waals surface area contributed by atoms with Crippen molar-refractivity contribution in [2.24, 2.45) is 4.99 Å². The van der Waals surface area contributed by atoms with Gasteiger partial charge >= 0.3 is 0 Å². The highest BCUT2D eigenvalue weighted by atomic mass is 35.5. The molecular weight excluding hydrogens is 313 g/mol. The molecule has 0 atom stereocenters. The van der Waals surface area contributed by atoms with E-state index >= 15 is 0 Å². The highest BCUT2D eigenvalue weighted by Crippen LogP contribution is 2.24. The van der Waals surface area contributed by atoms with E-state index < -0.39 is 0 Å². The predicted molar refractivity (Wildman–Crippen MR) is 83.1 cm³/mol. The predicted octanol–water partition coefficient (Wildman–Crippen LogP) is 3.45. The lowest BCUT2D eigenvalue weighted by atomic mass is 10.2. The number of halogens is 3. The minimum Gasteiger partial charge on any atom is -0.352 e. The lowest BCUT2D eigenvalue weighted by Crippen LogP contribution is -2.39. The molecule has 1 heterocycles. The second-order valence-electron chi connectivity index (χ2n) is 3.83. The molecular formula is C11H14Cl3N3S. The zero-order valence-corrected chi connectivity index (χ0v) is 13.0. The van der Waals surface area contributed by atoms with Crippen molar-refractivity contribution in [2.45, 2.75) is 5.75 Å². The number of amidine groups is 1. The standard InChI is InChI=1S/C11H13Cl2N3S.ClH/c1-16-6-14-11(15-7-16)17-5-8-2-3-9(12)10(13)4-8;/h2-4H,5-7H2,1H3,(H,14,15);1H. The van der Waals surface area contributed by atoms with Crippen LogP contribution in [0, 0.1) is 0 Å². The van der Waals surface area contributed by atoms with E-state index in [-0.39, 0.29) is 12.4 Å². The molecule has 18 heavy (non-hydrogen) atoms. The van der Waals surface area contributed by atoms with Crippen molar-refractivity contribution in [3.63, 3.8) is 0 Å². The van der Waals surface area contributed by atoms with Crippen molar-refractivity contribution in [3.8, 4) is 0 Å². The number of thioether (sulfide) groups is 1. The zero-order chi connectivity index (χ0) is 12.3. The second kappa shape index (κ2) is 7.46. The SMILES string of the molecule is CN1CN=C(SCc2ccc(Cl)c(Cl)c2)NC1.Cl. The Morgan fingerprint density at radius 2 is 2.17 bits per heavy atom. The smallest absolute Gasteiger partial charge is 0.159 e. The summed E-state index contributed by atoms with van der Waals surface area (Å²) in [5.41, 5.74) is 1.15. The van der Waals surface area contributed by atoms with Gasteiger partial charge in [-0.1, -0.05) is 41.0 Å². The summed E-state index contributed by atoms with van der Waals surface area (Å²) in [6, 6.07) is 5.70. The number of benzene rings is 1. The topological polar surface area (TPSA) is 27.6 Å². The number of nitrogens with one attached hydrogen (secondary N) is 1. The molecule has 1 aromatic carbocycles. The molecule has 0 radical (unpaired) electrons. The third-order valence-corrected chi connectivity index (χ3v) is 4.08. The maximum absolute atomic E-state index is 5.96. The molecule has 3 nitrogen and oxygen atoms in total. The van der Waals surface area contributed by atoms with Crippen molar-refractivity contribution in [1.29, 1.82) is 0 Å². The molecule has 0 unspecified atom stereocenters. The Bertz CT molecular complexity index is 440. The van der Waals surface area contributed by atoms with E-state index in [1.165, 1.54) is 0 Å². The van der Waals surface area contributed by atoms with E-state index in [1.807, 2.05) is 25.2 Å². The molecule has 0 aromatic heterocycles. The fourth-order valence-electron chi connectivity index (χ4n) is 1.37. The van der Waals surface area contributed by atoms with E-state index in [9.17, 15) is 0 Å². The molecule has 0 saturated heterocycles. The first-order chi connectivity index (χ1) is 8.15. The van der Waals surface area contributed by atoms with E-state index in [1.54, 1.807) is 11.8 Å². The summed E-state index contributed by atoms with van der Waals surface area (Å²) in [5, 5.41) is 5.42. The first kappa shape index (κ1) is 15.9. The summed E-state index contributed by atoms with van der Waals surface area (Å²) in [6.07, 6.45) is 0. The Balaban J connectivity index is 0.00000162. The van der Waals surface area contributed by atoms with Crippen LogP contribution >= 0.6 is 47.4 Å². The molecule has 0 fully saturated rings. The van der Waals surface area contributed by atoms with Crippen LogP contribution in [0.25, 0.3) is 0 Å². The second-order valence-corrected chi connectivity index (χ2v) is 5.61. The van der Waals surface area contributed by atoms with Crippen molar-refractivity contribution in [3.05, 3.63) is 33.8 Å². The molecule has 1 aliphatic rings. The van der Waals surface area contributed by atoms with Crippen molar-refractivity contribution < 1.29 is 0 Å². The van der Waals surface area contributed by atoms with Gasteiger partial charge in [0.15, 0.2) is 5.17 Å². The van der Waals surface area contributed by atoms with Gasteiger partial charge in [-0.3, -0.25) is 4.90 Å². The van der Waals surface area contributed by atoms with Gasteiger partial charge in [0, 0.05) is 5.75 Å². The maximum atomic E-state index is 5.96. The van der Waals surface area contributed by atoms with Crippen LogP contribution in [-0.2, 0) is 5.75 Å². The van der Waals surface area contributed by atoms with Gasteiger partial charge in [0.1, 0.15) is 0 Å². The first-order valence-electron chi connectivity index (χ1n) is 5.19. The third kappa shape index (κ3) is 4.52. The molecule has 0 spiro atoms. The summed E-state index contributed by atoms with van der Waals surface area (Å²) >= 11 is 13.5. The monoisotopic (exact) mass is 325 g/mol. The van der Waals surface area contributed by atoms with Crippen molar-refractivity contribution >= 4 is 52.5 Å². The number of rotatable bonds is 2. The highest BCUT2D eigenvalue weighted by Gasteiger charge is 2.08. The van der Waals surface area contributed by atoms with Crippen LogP contribution in [0.3, 0.4) is 0 Å². The van der Waals surface area contributed by atoms with E-state index in [4.69, 9.17) is 23.2 Å². The Kier molecular flexibility index (Phi) is 6.60. The molecule has 1 N–H and O–H groups in total. The quantitative estimate of drug-likeness (QED) is 0.902. The molecule has 1 aliphatic heterocycles. The largest absolute Gasteiger partial charge is 0.352 e. The summed E-state index contributed by atoms with van der Waals surface area (Å²) < 4.78 is 0. The van der Waals surface area contributed by atoms with Crippen molar-refractivity contribution in [2.75, 3.05) is 20.4 Å². The average molecular weight is 327 g/mol. The summed E-state index contributed by atoms with van der Waals surface area (Å²) in [6.45, 7) is 1.59. The molecule has 1 aromatic rings. The zero-order valence-electron chi connectivity index (χ0n) is 9.82. The van der Waals surface area contributed by atoms with Gasteiger partial charge in [0.05, 0.1) is 23.4 Å². The van der Waals surface area contributed by atoms with Gasteiger partial charge in [0.2, 0.25) is 0 Å². The van der Waals surface area contributed by atoms with Gasteiger partial charge in [-0.05, 0) is 24.7 Å². The van der Waals surface area contributed by atoms with Crippen molar-refractivity contribution in [1.82, 2.24) is 10.2 Å². The fraction of sp³-hybridized carbons (Fsp3) is 0.364. The number of hydrogen-bond acceptors (Lipinski definition) is 4. The Morgan fingerprint density at radius 3 is 2.78 bits per heavy atom. The molecule has 0 amide bonds. The van der Waals surface area contributed by atoms with Crippen LogP contribution in [0.2, 0.25) is 10.0 Å². The van der Waals surface area contributed by atoms with Gasteiger partial charge < -0.3 is 5.32 Å². The Morgan fingerprint density at radius 1 is 1.39 bits per heavy atom. The van der Waals surface area contributed by atoms with Crippen LogP contribution in [0.4, 0.5) is 0 Å². The summed E-state index contributed by atoms with van der Waals surface area (Å²) in [7, 11) is 2.02. The molecule has 7 heteroatoms. The van der Waals surface area contributed by atoms with E-state index in [0.29, 0.717) is 10.0 Å². The van der Waals surface area contributed by atoms with Gasteiger partial charge in [-0.2, -0.15) is 0 Å². The first-order valence-corrected chi connectivity index (χ1v) is 6.93. The molecule has 0 saturated carbocycles.